The number of hydrogen-bond acceptors (Lipinski definition) is 7. The number of para-hydroxylation sites is 1. The Morgan fingerprint density at radius 3 is 2.78 bits per heavy atom. The molecule has 8 heteroatoms. The summed E-state index contributed by atoms with van der Waals surface area (Å²) in [4.78, 5) is 12.9. The van der Waals surface area contributed by atoms with Crippen molar-refractivity contribution in [3.05, 3.63) is 35.0 Å². The Morgan fingerprint density at radius 1 is 1.22 bits per heavy atom. The number of nitrogens with one attached hydrogen (secondary N) is 1. The van der Waals surface area contributed by atoms with Gasteiger partial charge in [-0.25, -0.2) is 9.97 Å². The van der Waals surface area contributed by atoms with Gasteiger partial charge in [0.1, 0.15) is 11.4 Å². The second kappa shape index (κ2) is 6.21. The molecule has 0 radical (unpaired) electrons. The van der Waals surface area contributed by atoms with Crippen LogP contribution in [-0.2, 0) is 0 Å². The zero-order chi connectivity index (χ0) is 16.4. The highest BCUT2D eigenvalue weighted by Gasteiger charge is 2.17. The van der Waals surface area contributed by atoms with Crippen LogP contribution in [0, 0.1) is 6.92 Å². The normalized spacial score (nSPS) is 10.6. The lowest BCUT2D eigenvalue weighted by Crippen LogP contribution is -1.99. The average Bonchev–Trinajstić information content (AvgIpc) is 3.03. The van der Waals surface area contributed by atoms with Gasteiger partial charge >= 0.3 is 0 Å². The van der Waals surface area contributed by atoms with Gasteiger partial charge in [0.25, 0.3) is 5.89 Å². The van der Waals surface area contributed by atoms with Crippen molar-refractivity contribution >= 4 is 17.5 Å². The summed E-state index contributed by atoms with van der Waals surface area (Å²) in [6.45, 7) is 1.86. The molecule has 0 aliphatic heterocycles. The monoisotopic (exact) mass is 331 g/mol. The third-order valence-electron chi connectivity index (χ3n) is 3.13. The lowest BCUT2D eigenvalue weighted by atomic mass is 10.2. The molecule has 0 bridgehead atoms. The molecule has 7 nitrogen and oxygen atoms in total. The van der Waals surface area contributed by atoms with E-state index in [9.17, 15) is 0 Å². The average molecular weight is 332 g/mol. The number of aryl methyl sites for hydroxylation is 1. The molecule has 0 saturated carbocycles. The summed E-state index contributed by atoms with van der Waals surface area (Å²) in [5.74, 6) is 1.65. The quantitative estimate of drug-likeness (QED) is 0.785. The van der Waals surface area contributed by atoms with Gasteiger partial charge in [-0.1, -0.05) is 22.8 Å². The van der Waals surface area contributed by atoms with E-state index in [0.29, 0.717) is 39.7 Å². The Hall–Kier alpha value is -2.67. The van der Waals surface area contributed by atoms with Crippen LogP contribution >= 0.6 is 11.6 Å². The summed E-state index contributed by atoms with van der Waals surface area (Å²) < 4.78 is 10.6. The van der Waals surface area contributed by atoms with Crippen molar-refractivity contribution in [1.29, 1.82) is 0 Å². The maximum absolute atomic E-state index is 6.12. The predicted octanol–water partition coefficient (Wildman–Crippen LogP) is 3.21. The lowest BCUT2D eigenvalue weighted by Gasteiger charge is -2.06. The summed E-state index contributed by atoms with van der Waals surface area (Å²) in [6, 6.07) is 7.11. The molecule has 1 aromatic carbocycles. The van der Waals surface area contributed by atoms with E-state index < -0.39 is 0 Å². The summed E-state index contributed by atoms with van der Waals surface area (Å²) in [7, 11) is 3.29. The number of ether oxygens (including phenoxy) is 1. The molecule has 0 atom stereocenters. The lowest BCUT2D eigenvalue weighted by molar-refractivity contribution is 0.413. The van der Waals surface area contributed by atoms with E-state index in [4.69, 9.17) is 20.9 Å². The Bertz CT molecular complexity index is 850. The Kier molecular flexibility index (Phi) is 4.12. The molecule has 0 spiro atoms. The Balaban J connectivity index is 2.05. The number of rotatable bonds is 4. The van der Waals surface area contributed by atoms with E-state index >= 15 is 0 Å². The van der Waals surface area contributed by atoms with E-state index in [1.807, 2.05) is 13.0 Å². The van der Waals surface area contributed by atoms with Gasteiger partial charge in [0.15, 0.2) is 0 Å². The van der Waals surface area contributed by atoms with Crippen molar-refractivity contribution in [3.8, 4) is 28.7 Å². The highest BCUT2D eigenvalue weighted by Crippen LogP contribution is 2.35. The standard InChI is InChI=1S/C15H14ClN5O2/c1-8-7-11(19-15(17-2)18-8)14-20-13(21-23-14)9-5-4-6-10(16)12(9)22-3/h4-7H,1-3H3,(H,17,18,19). The maximum atomic E-state index is 6.12. The molecule has 0 aliphatic rings. The van der Waals surface area contributed by atoms with Gasteiger partial charge in [-0.15, -0.1) is 0 Å². The van der Waals surface area contributed by atoms with Gasteiger partial charge in [0, 0.05) is 12.7 Å². The van der Waals surface area contributed by atoms with E-state index in [1.54, 1.807) is 32.4 Å². The molecular formula is C15H14ClN5O2. The summed E-state index contributed by atoms with van der Waals surface area (Å²) in [6.07, 6.45) is 0. The molecule has 1 N–H and O–H groups in total. The summed E-state index contributed by atoms with van der Waals surface area (Å²) >= 11 is 6.12. The molecule has 2 aromatic heterocycles. The number of methoxy groups -OCH3 is 1. The number of hydrogen-bond donors (Lipinski definition) is 1. The van der Waals surface area contributed by atoms with Crippen LogP contribution in [0.2, 0.25) is 5.02 Å². The largest absolute Gasteiger partial charge is 0.494 e. The fourth-order valence-corrected chi connectivity index (χ4v) is 2.37. The van der Waals surface area contributed by atoms with Crippen LogP contribution in [0.25, 0.3) is 23.0 Å². The van der Waals surface area contributed by atoms with E-state index in [-0.39, 0.29) is 0 Å². The van der Waals surface area contributed by atoms with Crippen LogP contribution in [0.15, 0.2) is 28.8 Å². The molecule has 2 heterocycles. The van der Waals surface area contributed by atoms with Gasteiger partial charge in [-0.05, 0) is 25.1 Å². The Morgan fingerprint density at radius 2 is 2.04 bits per heavy atom. The highest BCUT2D eigenvalue weighted by molar-refractivity contribution is 6.32. The predicted molar refractivity (Wildman–Crippen MR) is 86.6 cm³/mol. The fraction of sp³-hybridized carbons (Fsp3) is 0.200. The van der Waals surface area contributed by atoms with Crippen molar-refractivity contribution in [2.75, 3.05) is 19.5 Å². The molecule has 3 rings (SSSR count). The molecular weight excluding hydrogens is 318 g/mol. The van der Waals surface area contributed by atoms with Crippen LogP contribution in [0.4, 0.5) is 5.95 Å². The summed E-state index contributed by atoms with van der Waals surface area (Å²) in [5, 5.41) is 7.36. The van der Waals surface area contributed by atoms with Gasteiger partial charge in [0.05, 0.1) is 17.7 Å². The fourth-order valence-electron chi connectivity index (χ4n) is 2.12. The zero-order valence-corrected chi connectivity index (χ0v) is 13.5. The minimum atomic E-state index is 0.295. The number of anilines is 1. The van der Waals surface area contributed by atoms with Gasteiger partial charge in [0.2, 0.25) is 11.8 Å². The molecule has 0 saturated heterocycles. The number of benzene rings is 1. The first-order valence-electron chi connectivity index (χ1n) is 6.82. The minimum Gasteiger partial charge on any atom is -0.494 e. The van der Waals surface area contributed by atoms with Gasteiger partial charge < -0.3 is 14.6 Å². The van der Waals surface area contributed by atoms with E-state index in [2.05, 4.69) is 25.4 Å². The minimum absolute atomic E-state index is 0.295. The second-order valence-corrected chi connectivity index (χ2v) is 5.12. The SMILES string of the molecule is CNc1nc(C)cc(-c2nc(-c3cccc(Cl)c3OC)no2)n1. The second-order valence-electron chi connectivity index (χ2n) is 4.71. The van der Waals surface area contributed by atoms with Crippen molar-refractivity contribution < 1.29 is 9.26 Å². The van der Waals surface area contributed by atoms with Crippen molar-refractivity contribution in [1.82, 2.24) is 20.1 Å². The number of aromatic nitrogens is 4. The number of halogens is 1. The molecule has 3 aromatic rings. The van der Waals surface area contributed by atoms with Crippen molar-refractivity contribution in [2.24, 2.45) is 0 Å². The van der Waals surface area contributed by atoms with Crippen LogP contribution in [0.1, 0.15) is 5.69 Å². The molecule has 118 valence electrons. The summed E-state index contributed by atoms with van der Waals surface area (Å²) in [5.41, 5.74) is 1.98. The zero-order valence-electron chi connectivity index (χ0n) is 12.8. The molecule has 0 aliphatic carbocycles. The number of nitrogens with zero attached hydrogens (tertiary/aromatic N) is 4. The van der Waals surface area contributed by atoms with E-state index in [0.717, 1.165) is 5.69 Å². The first-order valence-corrected chi connectivity index (χ1v) is 7.20. The first kappa shape index (κ1) is 15.2. The Labute approximate surface area is 137 Å². The first-order chi connectivity index (χ1) is 11.1. The molecule has 23 heavy (non-hydrogen) atoms. The topological polar surface area (TPSA) is 86.0 Å². The van der Waals surface area contributed by atoms with Crippen LogP contribution in [-0.4, -0.2) is 34.3 Å². The third kappa shape index (κ3) is 2.95. The molecule has 0 unspecified atom stereocenters. The van der Waals surface area contributed by atoms with Gasteiger partial charge in [-0.2, -0.15) is 4.98 Å². The third-order valence-corrected chi connectivity index (χ3v) is 3.43. The maximum Gasteiger partial charge on any atom is 0.277 e. The van der Waals surface area contributed by atoms with Crippen molar-refractivity contribution in [3.63, 3.8) is 0 Å². The van der Waals surface area contributed by atoms with Gasteiger partial charge in [-0.3, -0.25) is 0 Å². The van der Waals surface area contributed by atoms with Crippen molar-refractivity contribution in [2.45, 2.75) is 6.92 Å². The highest BCUT2D eigenvalue weighted by atomic mass is 35.5. The molecule has 0 amide bonds. The van der Waals surface area contributed by atoms with Crippen LogP contribution in [0.3, 0.4) is 0 Å². The molecule has 0 fully saturated rings. The van der Waals surface area contributed by atoms with Crippen LogP contribution < -0.4 is 10.1 Å². The smallest absolute Gasteiger partial charge is 0.277 e. The van der Waals surface area contributed by atoms with Crippen LogP contribution in [0.5, 0.6) is 5.75 Å². The van der Waals surface area contributed by atoms with E-state index in [1.165, 1.54) is 0 Å².